The molecule has 0 radical (unpaired) electrons. The van der Waals surface area contributed by atoms with Crippen molar-refractivity contribution in [2.24, 2.45) is 7.05 Å². The summed E-state index contributed by atoms with van der Waals surface area (Å²) in [6, 6.07) is 6.17. The summed E-state index contributed by atoms with van der Waals surface area (Å²) in [6.45, 7) is 2.80. The Bertz CT molecular complexity index is 560. The molecule has 0 amide bonds. The van der Waals surface area contributed by atoms with E-state index in [2.05, 4.69) is 21.0 Å². The molecule has 94 valence electrons. The zero-order chi connectivity index (χ0) is 12.5. The number of benzene rings is 1. The summed E-state index contributed by atoms with van der Waals surface area (Å²) in [5, 5.41) is 4.10. The number of nitrogens with two attached hydrogens (primary N) is 1. The Labute approximate surface area is 106 Å². The van der Waals surface area contributed by atoms with E-state index in [1.165, 1.54) is 11.1 Å². The number of hydrogen-bond donors (Lipinski definition) is 1. The Hall–Kier alpha value is -1.88. The van der Waals surface area contributed by atoms with Gasteiger partial charge in [0, 0.05) is 25.8 Å². The second-order valence-electron chi connectivity index (χ2n) is 4.75. The molecule has 0 atom stereocenters. The van der Waals surface area contributed by atoms with E-state index in [4.69, 9.17) is 5.73 Å². The number of nitrogen functional groups attached to an aromatic ring is 1. The van der Waals surface area contributed by atoms with E-state index in [0.717, 1.165) is 37.6 Å². The topological polar surface area (TPSA) is 60.0 Å². The van der Waals surface area contributed by atoms with Crippen molar-refractivity contribution in [2.45, 2.75) is 19.5 Å². The van der Waals surface area contributed by atoms with Gasteiger partial charge in [-0.15, -0.1) is 0 Å². The van der Waals surface area contributed by atoms with Gasteiger partial charge in [0.05, 0.1) is 6.54 Å². The van der Waals surface area contributed by atoms with Crippen molar-refractivity contribution in [3.8, 4) is 0 Å². The number of aryl methyl sites for hydroxylation is 1. The molecular formula is C13H17N5. The minimum Gasteiger partial charge on any atom is -0.398 e. The fourth-order valence-electron chi connectivity index (χ4n) is 2.50. The SMILES string of the molecule is Cn1ncnc1CN1CCc2c(N)cccc2C1. The molecule has 5 nitrogen and oxygen atoms in total. The highest BCUT2D eigenvalue weighted by Crippen LogP contribution is 2.24. The average molecular weight is 243 g/mol. The predicted octanol–water partition coefficient (Wildman–Crippen LogP) is 0.956. The Kier molecular flexibility index (Phi) is 2.76. The smallest absolute Gasteiger partial charge is 0.140 e. The summed E-state index contributed by atoms with van der Waals surface area (Å²) >= 11 is 0. The van der Waals surface area contributed by atoms with Crippen LogP contribution in [0, 0.1) is 0 Å². The second kappa shape index (κ2) is 4.42. The standard InChI is InChI=1S/C13H17N5/c1-17-13(15-9-16-17)8-18-6-5-11-10(7-18)3-2-4-12(11)14/h2-4,9H,5-8,14H2,1H3. The number of anilines is 1. The molecule has 1 aromatic heterocycles. The van der Waals surface area contributed by atoms with Crippen LogP contribution in [0.3, 0.4) is 0 Å². The van der Waals surface area contributed by atoms with Crippen molar-refractivity contribution < 1.29 is 0 Å². The van der Waals surface area contributed by atoms with Gasteiger partial charge in [-0.05, 0) is 23.6 Å². The van der Waals surface area contributed by atoms with Gasteiger partial charge in [0.15, 0.2) is 0 Å². The maximum atomic E-state index is 6.00. The Balaban J connectivity index is 1.77. The number of fused-ring (bicyclic) bond motifs is 1. The van der Waals surface area contributed by atoms with E-state index in [-0.39, 0.29) is 0 Å². The maximum absolute atomic E-state index is 6.00. The molecule has 2 N–H and O–H groups in total. The number of aromatic nitrogens is 3. The van der Waals surface area contributed by atoms with Crippen molar-refractivity contribution in [2.75, 3.05) is 12.3 Å². The van der Waals surface area contributed by atoms with Gasteiger partial charge in [-0.1, -0.05) is 12.1 Å². The van der Waals surface area contributed by atoms with Crippen LogP contribution in [0.5, 0.6) is 0 Å². The quantitative estimate of drug-likeness (QED) is 0.798. The zero-order valence-electron chi connectivity index (χ0n) is 10.5. The predicted molar refractivity (Wildman–Crippen MR) is 69.7 cm³/mol. The highest BCUT2D eigenvalue weighted by Gasteiger charge is 2.19. The van der Waals surface area contributed by atoms with Gasteiger partial charge in [0.2, 0.25) is 0 Å². The van der Waals surface area contributed by atoms with E-state index < -0.39 is 0 Å². The van der Waals surface area contributed by atoms with E-state index in [1.54, 1.807) is 6.33 Å². The molecule has 0 bridgehead atoms. The number of nitrogens with zero attached hydrogens (tertiary/aromatic N) is 4. The first kappa shape index (κ1) is 11.2. The maximum Gasteiger partial charge on any atom is 0.140 e. The first-order valence-corrected chi connectivity index (χ1v) is 6.15. The molecule has 0 unspecified atom stereocenters. The van der Waals surface area contributed by atoms with E-state index in [9.17, 15) is 0 Å². The lowest BCUT2D eigenvalue weighted by Crippen LogP contribution is -2.31. The summed E-state index contributed by atoms with van der Waals surface area (Å²) < 4.78 is 1.83. The van der Waals surface area contributed by atoms with Gasteiger partial charge in [-0.3, -0.25) is 9.58 Å². The van der Waals surface area contributed by atoms with Crippen LogP contribution in [0.15, 0.2) is 24.5 Å². The molecule has 0 saturated carbocycles. The molecule has 5 heteroatoms. The molecule has 3 rings (SSSR count). The third-order valence-corrected chi connectivity index (χ3v) is 3.55. The van der Waals surface area contributed by atoms with Crippen molar-refractivity contribution in [1.29, 1.82) is 0 Å². The lowest BCUT2D eigenvalue weighted by atomic mass is 9.98. The first-order valence-electron chi connectivity index (χ1n) is 6.15. The highest BCUT2D eigenvalue weighted by molar-refractivity contribution is 5.51. The summed E-state index contributed by atoms with van der Waals surface area (Å²) in [4.78, 5) is 6.65. The fraction of sp³-hybridized carbons (Fsp3) is 0.385. The molecule has 2 heterocycles. The minimum absolute atomic E-state index is 0.838. The van der Waals surface area contributed by atoms with Gasteiger partial charge in [-0.2, -0.15) is 5.10 Å². The molecule has 2 aromatic rings. The van der Waals surface area contributed by atoms with Crippen LogP contribution in [-0.4, -0.2) is 26.2 Å². The average Bonchev–Trinajstić information content (AvgIpc) is 2.75. The molecule has 18 heavy (non-hydrogen) atoms. The van der Waals surface area contributed by atoms with Gasteiger partial charge in [0.25, 0.3) is 0 Å². The monoisotopic (exact) mass is 243 g/mol. The van der Waals surface area contributed by atoms with Gasteiger partial charge >= 0.3 is 0 Å². The van der Waals surface area contributed by atoms with Crippen LogP contribution in [0.1, 0.15) is 17.0 Å². The van der Waals surface area contributed by atoms with Crippen molar-refractivity contribution in [3.05, 3.63) is 41.5 Å². The Morgan fingerprint density at radius 3 is 3.06 bits per heavy atom. The summed E-state index contributed by atoms with van der Waals surface area (Å²) in [5.41, 5.74) is 9.57. The van der Waals surface area contributed by atoms with Crippen LogP contribution in [0.4, 0.5) is 5.69 Å². The van der Waals surface area contributed by atoms with Crippen molar-refractivity contribution >= 4 is 5.69 Å². The van der Waals surface area contributed by atoms with Crippen LogP contribution < -0.4 is 5.73 Å². The molecular weight excluding hydrogens is 226 g/mol. The summed E-state index contributed by atoms with van der Waals surface area (Å²) in [5.74, 6) is 1.00. The molecule has 1 aliphatic rings. The minimum atomic E-state index is 0.838. The van der Waals surface area contributed by atoms with Gasteiger partial charge in [0.1, 0.15) is 12.2 Å². The van der Waals surface area contributed by atoms with Crippen molar-refractivity contribution in [3.63, 3.8) is 0 Å². The number of rotatable bonds is 2. The van der Waals surface area contributed by atoms with E-state index in [0.29, 0.717) is 0 Å². The van der Waals surface area contributed by atoms with Crippen LogP contribution in [-0.2, 0) is 26.6 Å². The third-order valence-electron chi connectivity index (χ3n) is 3.55. The number of hydrogen-bond acceptors (Lipinski definition) is 4. The summed E-state index contributed by atoms with van der Waals surface area (Å²) in [6.07, 6.45) is 2.62. The van der Waals surface area contributed by atoms with Gasteiger partial charge in [-0.25, -0.2) is 4.98 Å². The first-order chi connectivity index (χ1) is 8.74. The Morgan fingerprint density at radius 1 is 1.39 bits per heavy atom. The molecule has 0 aliphatic carbocycles. The van der Waals surface area contributed by atoms with Crippen molar-refractivity contribution in [1.82, 2.24) is 19.7 Å². The lowest BCUT2D eigenvalue weighted by molar-refractivity contribution is 0.236. The fourth-order valence-corrected chi connectivity index (χ4v) is 2.50. The van der Waals surface area contributed by atoms with Crippen LogP contribution in [0.2, 0.25) is 0 Å². The molecule has 0 fully saturated rings. The van der Waals surface area contributed by atoms with Crippen LogP contribution >= 0.6 is 0 Å². The van der Waals surface area contributed by atoms with E-state index in [1.807, 2.05) is 23.9 Å². The second-order valence-corrected chi connectivity index (χ2v) is 4.75. The summed E-state index contributed by atoms with van der Waals surface area (Å²) in [7, 11) is 1.93. The van der Waals surface area contributed by atoms with E-state index >= 15 is 0 Å². The molecule has 1 aliphatic heterocycles. The Morgan fingerprint density at radius 2 is 2.28 bits per heavy atom. The zero-order valence-corrected chi connectivity index (χ0v) is 10.5. The molecule has 0 saturated heterocycles. The third kappa shape index (κ3) is 1.97. The highest BCUT2D eigenvalue weighted by atomic mass is 15.3. The normalized spacial score (nSPS) is 15.6. The molecule has 1 aromatic carbocycles. The lowest BCUT2D eigenvalue weighted by Gasteiger charge is -2.28. The van der Waals surface area contributed by atoms with Crippen LogP contribution in [0.25, 0.3) is 0 Å². The van der Waals surface area contributed by atoms with Gasteiger partial charge < -0.3 is 5.73 Å². The largest absolute Gasteiger partial charge is 0.398 e. The molecule has 0 spiro atoms.